The number of rotatable bonds is 4. The first-order valence-corrected chi connectivity index (χ1v) is 7.21. The quantitative estimate of drug-likeness (QED) is 0.929. The van der Waals surface area contributed by atoms with Gasteiger partial charge >= 0.3 is 0 Å². The van der Waals surface area contributed by atoms with Crippen LogP contribution in [0.25, 0.3) is 0 Å². The summed E-state index contributed by atoms with van der Waals surface area (Å²) in [7, 11) is 1.64. The zero-order valence-corrected chi connectivity index (χ0v) is 13.7. The lowest BCUT2D eigenvalue weighted by Gasteiger charge is -2.25. The van der Waals surface area contributed by atoms with Crippen LogP contribution in [0, 0.1) is 5.92 Å². The Morgan fingerprint density at radius 1 is 1.43 bits per heavy atom. The first-order valence-electron chi connectivity index (χ1n) is 7.21. The summed E-state index contributed by atoms with van der Waals surface area (Å²) in [5.41, 5.74) is 6.75. The number of hydrogen-bond donors (Lipinski definition) is 1. The summed E-state index contributed by atoms with van der Waals surface area (Å²) in [6.07, 6.45) is 1.01. The van der Waals surface area contributed by atoms with E-state index in [2.05, 4.69) is 6.92 Å². The molecule has 2 N–H and O–H groups in total. The number of nitrogens with two attached hydrogens (primary N) is 1. The molecule has 21 heavy (non-hydrogen) atoms. The number of carbonyl (C=O) groups excluding carboxylic acids is 1. The molecule has 1 aromatic carbocycles. The molecule has 0 radical (unpaired) electrons. The highest BCUT2D eigenvalue weighted by Gasteiger charge is 2.33. The molecule has 0 aliphatic carbocycles. The molecule has 0 aromatic heterocycles. The van der Waals surface area contributed by atoms with Gasteiger partial charge in [0.25, 0.3) is 0 Å². The average molecular weight is 313 g/mol. The van der Waals surface area contributed by atoms with Crippen molar-refractivity contribution in [3.05, 3.63) is 29.8 Å². The molecule has 1 aliphatic heterocycles. The van der Waals surface area contributed by atoms with Crippen molar-refractivity contribution in [1.29, 1.82) is 0 Å². The summed E-state index contributed by atoms with van der Waals surface area (Å²) in [6.45, 7) is 5.52. The fourth-order valence-electron chi connectivity index (χ4n) is 2.90. The highest BCUT2D eigenvalue weighted by atomic mass is 35.5. The first-order chi connectivity index (χ1) is 9.56. The molecule has 1 aliphatic rings. The van der Waals surface area contributed by atoms with Gasteiger partial charge in [-0.15, -0.1) is 12.4 Å². The van der Waals surface area contributed by atoms with Crippen molar-refractivity contribution in [2.75, 3.05) is 20.2 Å². The van der Waals surface area contributed by atoms with Crippen molar-refractivity contribution in [1.82, 2.24) is 4.90 Å². The zero-order chi connectivity index (χ0) is 14.7. The smallest absolute Gasteiger partial charge is 0.230 e. The number of carbonyl (C=O) groups is 1. The van der Waals surface area contributed by atoms with Crippen LogP contribution in [0.2, 0.25) is 0 Å². The normalized spacial score (nSPS) is 22.6. The third-order valence-electron chi connectivity index (χ3n) is 4.26. The molecular weight excluding hydrogens is 288 g/mol. The number of amides is 1. The van der Waals surface area contributed by atoms with Crippen LogP contribution in [0.3, 0.4) is 0 Å². The number of ether oxygens (including phenoxy) is 1. The lowest BCUT2D eigenvalue weighted by Crippen LogP contribution is -2.37. The van der Waals surface area contributed by atoms with Gasteiger partial charge < -0.3 is 15.4 Å². The van der Waals surface area contributed by atoms with E-state index in [0.29, 0.717) is 12.5 Å². The molecule has 1 saturated heterocycles. The van der Waals surface area contributed by atoms with Gasteiger partial charge in [0.05, 0.1) is 13.0 Å². The van der Waals surface area contributed by atoms with Gasteiger partial charge in [-0.1, -0.05) is 12.1 Å². The van der Waals surface area contributed by atoms with Crippen molar-refractivity contribution in [3.63, 3.8) is 0 Å². The summed E-state index contributed by atoms with van der Waals surface area (Å²) in [4.78, 5) is 14.6. The Morgan fingerprint density at radius 3 is 2.52 bits per heavy atom. The maximum absolute atomic E-state index is 12.6. The Bertz CT molecular complexity index is 464. The van der Waals surface area contributed by atoms with E-state index in [1.54, 1.807) is 7.11 Å². The van der Waals surface area contributed by atoms with Crippen LogP contribution >= 0.6 is 12.4 Å². The minimum Gasteiger partial charge on any atom is -0.497 e. The van der Waals surface area contributed by atoms with Crippen LogP contribution in [0.1, 0.15) is 31.7 Å². The van der Waals surface area contributed by atoms with E-state index in [1.807, 2.05) is 36.1 Å². The molecule has 5 heteroatoms. The molecular formula is C16H25ClN2O2. The Balaban J connectivity index is 0.00000220. The maximum Gasteiger partial charge on any atom is 0.230 e. The number of benzene rings is 1. The molecule has 118 valence electrons. The predicted molar refractivity (Wildman–Crippen MR) is 87.0 cm³/mol. The molecule has 1 aromatic rings. The van der Waals surface area contributed by atoms with Gasteiger partial charge in [-0.05, 0) is 50.4 Å². The second kappa shape index (κ2) is 7.66. The summed E-state index contributed by atoms with van der Waals surface area (Å²) in [5.74, 6) is 1.32. The lowest BCUT2D eigenvalue weighted by atomic mass is 9.99. The predicted octanol–water partition coefficient (Wildman–Crippen LogP) is 2.42. The Hall–Kier alpha value is -1.26. The van der Waals surface area contributed by atoms with Crippen molar-refractivity contribution in [2.24, 2.45) is 11.7 Å². The fraction of sp³-hybridized carbons (Fsp3) is 0.562. The molecule has 1 heterocycles. The molecule has 0 saturated carbocycles. The van der Waals surface area contributed by atoms with Gasteiger partial charge in [-0.3, -0.25) is 4.79 Å². The average Bonchev–Trinajstić information content (AvgIpc) is 2.87. The number of nitrogens with zero attached hydrogens (tertiary/aromatic N) is 1. The number of halogens is 1. The zero-order valence-electron chi connectivity index (χ0n) is 12.9. The fourth-order valence-corrected chi connectivity index (χ4v) is 2.90. The van der Waals surface area contributed by atoms with E-state index >= 15 is 0 Å². The van der Waals surface area contributed by atoms with E-state index in [1.165, 1.54) is 0 Å². The third kappa shape index (κ3) is 3.89. The topological polar surface area (TPSA) is 55.6 Å². The lowest BCUT2D eigenvalue weighted by molar-refractivity contribution is -0.133. The minimum absolute atomic E-state index is 0. The van der Waals surface area contributed by atoms with Gasteiger partial charge in [-0.2, -0.15) is 0 Å². The second-order valence-corrected chi connectivity index (χ2v) is 5.67. The van der Waals surface area contributed by atoms with Gasteiger partial charge in [0.1, 0.15) is 5.75 Å². The molecule has 1 amide bonds. The standard InChI is InChI=1S/C16H24N2O2.ClH/c1-11-8-13(9-17)10-18(11)16(19)12(2)14-4-6-15(20-3)7-5-14;/h4-7,11-13H,8-10,17H2,1-3H3;1H. The molecule has 3 atom stereocenters. The third-order valence-corrected chi connectivity index (χ3v) is 4.26. The van der Waals surface area contributed by atoms with Crippen LogP contribution in [0.5, 0.6) is 5.75 Å². The number of methoxy groups -OCH3 is 1. The summed E-state index contributed by atoms with van der Waals surface area (Å²) in [5, 5.41) is 0. The van der Waals surface area contributed by atoms with Gasteiger partial charge in [0, 0.05) is 12.6 Å². The highest BCUT2D eigenvalue weighted by molar-refractivity contribution is 5.85. The van der Waals surface area contributed by atoms with E-state index in [9.17, 15) is 4.79 Å². The molecule has 0 bridgehead atoms. The van der Waals surface area contributed by atoms with E-state index < -0.39 is 0 Å². The maximum atomic E-state index is 12.6. The summed E-state index contributed by atoms with van der Waals surface area (Å²) in [6, 6.07) is 8.01. The van der Waals surface area contributed by atoms with Crippen LogP contribution in [0.15, 0.2) is 24.3 Å². The van der Waals surface area contributed by atoms with Crippen LogP contribution in [-0.2, 0) is 4.79 Å². The summed E-state index contributed by atoms with van der Waals surface area (Å²) >= 11 is 0. The monoisotopic (exact) mass is 312 g/mol. The van der Waals surface area contributed by atoms with Crippen LogP contribution in [-0.4, -0.2) is 37.0 Å². The van der Waals surface area contributed by atoms with Crippen LogP contribution < -0.4 is 10.5 Å². The van der Waals surface area contributed by atoms with Crippen molar-refractivity contribution in [3.8, 4) is 5.75 Å². The number of hydrogen-bond acceptors (Lipinski definition) is 3. The van der Waals surface area contributed by atoms with Crippen molar-refractivity contribution in [2.45, 2.75) is 32.2 Å². The van der Waals surface area contributed by atoms with Crippen molar-refractivity contribution >= 4 is 18.3 Å². The molecule has 3 unspecified atom stereocenters. The van der Waals surface area contributed by atoms with Gasteiger partial charge in [0.2, 0.25) is 5.91 Å². The van der Waals surface area contributed by atoms with E-state index in [-0.39, 0.29) is 30.3 Å². The van der Waals surface area contributed by atoms with Crippen LogP contribution in [0.4, 0.5) is 0 Å². The van der Waals surface area contributed by atoms with Crippen molar-refractivity contribution < 1.29 is 9.53 Å². The second-order valence-electron chi connectivity index (χ2n) is 5.67. The van der Waals surface area contributed by atoms with Gasteiger partial charge in [0.15, 0.2) is 0 Å². The summed E-state index contributed by atoms with van der Waals surface area (Å²) < 4.78 is 5.15. The number of likely N-dealkylation sites (tertiary alicyclic amines) is 1. The largest absolute Gasteiger partial charge is 0.497 e. The Morgan fingerprint density at radius 2 is 2.05 bits per heavy atom. The molecule has 1 fully saturated rings. The SMILES string of the molecule is COc1ccc(C(C)C(=O)N2CC(CN)CC2C)cc1.Cl. The molecule has 4 nitrogen and oxygen atoms in total. The minimum atomic E-state index is -0.125. The Kier molecular flexibility index (Phi) is 6.49. The Labute approximate surface area is 133 Å². The van der Waals surface area contributed by atoms with E-state index in [0.717, 1.165) is 24.3 Å². The molecule has 2 rings (SSSR count). The molecule has 0 spiro atoms. The van der Waals surface area contributed by atoms with Gasteiger partial charge in [-0.25, -0.2) is 0 Å². The van der Waals surface area contributed by atoms with E-state index in [4.69, 9.17) is 10.5 Å². The first kappa shape index (κ1) is 17.8. The highest BCUT2D eigenvalue weighted by Crippen LogP contribution is 2.27.